The first-order chi connectivity index (χ1) is 14.1. The van der Waals surface area contributed by atoms with Gasteiger partial charge >= 0.3 is 0 Å². The molecular weight excluding hydrogens is 362 g/mol. The van der Waals surface area contributed by atoms with E-state index >= 15 is 0 Å². The lowest BCUT2D eigenvalue weighted by molar-refractivity contribution is -0.138. The van der Waals surface area contributed by atoms with Crippen LogP contribution in [0.2, 0.25) is 0 Å². The largest absolute Gasteiger partial charge is 0.355 e. The molecule has 2 fully saturated rings. The Morgan fingerprint density at radius 2 is 2.00 bits per heavy atom. The predicted octanol–water partition coefficient (Wildman–Crippen LogP) is 3.11. The Morgan fingerprint density at radius 1 is 1.17 bits per heavy atom. The second-order valence-electron chi connectivity index (χ2n) is 8.31. The average Bonchev–Trinajstić information content (AvgIpc) is 2.76. The maximum Gasteiger partial charge on any atom is 0.222 e. The fourth-order valence-electron chi connectivity index (χ4n) is 4.57. The predicted molar refractivity (Wildman–Crippen MR) is 111 cm³/mol. The topological polar surface area (TPSA) is 73.1 Å². The highest BCUT2D eigenvalue weighted by atomic mass is 16.2. The molecule has 0 aromatic carbocycles. The zero-order chi connectivity index (χ0) is 20.3. The molecule has 4 rings (SSSR count). The van der Waals surface area contributed by atoms with Gasteiger partial charge in [-0.3, -0.25) is 9.78 Å². The molecule has 0 N–H and O–H groups in total. The molecule has 2 aliphatic rings. The molecule has 1 spiro atoms. The Kier molecular flexibility index (Phi) is 5.48. The van der Waals surface area contributed by atoms with Crippen LogP contribution in [0.15, 0.2) is 36.5 Å². The van der Waals surface area contributed by atoms with Crippen LogP contribution in [0.25, 0.3) is 0 Å². The van der Waals surface area contributed by atoms with E-state index in [1.807, 2.05) is 42.2 Å². The van der Waals surface area contributed by atoms with Crippen molar-refractivity contribution in [3.8, 4) is 6.07 Å². The Bertz CT molecular complexity index is 913. The normalized spacial score (nSPS) is 18.7. The molecule has 0 aliphatic carbocycles. The Balaban J connectivity index is 1.40. The molecule has 2 saturated heterocycles. The van der Waals surface area contributed by atoms with Gasteiger partial charge in [0.25, 0.3) is 0 Å². The van der Waals surface area contributed by atoms with Crippen molar-refractivity contribution in [2.45, 2.75) is 39.0 Å². The number of hydrogen-bond acceptors (Lipinski definition) is 5. The Labute approximate surface area is 172 Å². The van der Waals surface area contributed by atoms with E-state index in [0.29, 0.717) is 12.0 Å². The van der Waals surface area contributed by atoms with Gasteiger partial charge in [-0.05, 0) is 55.9 Å². The standard InChI is InChI=1S/C23H27N5O/c1-18-5-6-19(16-24)22(26-18)27-14-10-23(11-15-27)9-7-21(29)28(17-23)13-8-20-4-2-3-12-25-20/h2-6,12H,7-11,13-15,17H2,1H3. The minimum atomic E-state index is 0.186. The SMILES string of the molecule is Cc1ccc(C#N)c(N2CCC3(CCC(=O)N(CCc4ccccn4)C3)CC2)n1. The molecule has 0 radical (unpaired) electrons. The second kappa shape index (κ2) is 8.20. The van der Waals surface area contributed by atoms with Crippen molar-refractivity contribution >= 4 is 11.7 Å². The van der Waals surface area contributed by atoms with E-state index < -0.39 is 0 Å². The highest BCUT2D eigenvalue weighted by Gasteiger charge is 2.41. The third kappa shape index (κ3) is 4.24. The third-order valence-corrected chi connectivity index (χ3v) is 6.37. The van der Waals surface area contributed by atoms with Crippen molar-refractivity contribution < 1.29 is 4.79 Å². The monoisotopic (exact) mass is 389 g/mol. The minimum absolute atomic E-state index is 0.186. The summed E-state index contributed by atoms with van der Waals surface area (Å²) < 4.78 is 0. The zero-order valence-corrected chi connectivity index (χ0v) is 17.0. The number of hydrogen-bond donors (Lipinski definition) is 0. The average molecular weight is 390 g/mol. The highest BCUT2D eigenvalue weighted by Crippen LogP contribution is 2.41. The van der Waals surface area contributed by atoms with E-state index in [9.17, 15) is 10.1 Å². The molecule has 150 valence electrons. The van der Waals surface area contributed by atoms with Gasteiger partial charge in [0.2, 0.25) is 5.91 Å². The molecular formula is C23H27N5O. The van der Waals surface area contributed by atoms with Gasteiger partial charge < -0.3 is 9.80 Å². The lowest BCUT2D eigenvalue weighted by Gasteiger charge is -2.47. The number of anilines is 1. The molecule has 2 aromatic heterocycles. The first-order valence-corrected chi connectivity index (χ1v) is 10.4. The van der Waals surface area contributed by atoms with Gasteiger partial charge in [0.1, 0.15) is 11.9 Å². The van der Waals surface area contributed by atoms with Crippen LogP contribution in [-0.4, -0.2) is 47.0 Å². The molecule has 0 saturated carbocycles. The quantitative estimate of drug-likeness (QED) is 0.803. The lowest BCUT2D eigenvalue weighted by Crippen LogP contribution is -2.52. The number of carbonyl (C=O) groups excluding carboxylic acids is 1. The summed E-state index contributed by atoms with van der Waals surface area (Å²) in [6.45, 7) is 5.29. The van der Waals surface area contributed by atoms with Gasteiger partial charge in [-0.15, -0.1) is 0 Å². The number of amides is 1. The number of nitrogens with zero attached hydrogens (tertiary/aromatic N) is 5. The van der Waals surface area contributed by atoms with Crippen molar-refractivity contribution in [3.63, 3.8) is 0 Å². The van der Waals surface area contributed by atoms with Gasteiger partial charge in [0.15, 0.2) is 0 Å². The Morgan fingerprint density at radius 3 is 2.72 bits per heavy atom. The molecule has 0 bridgehead atoms. The second-order valence-corrected chi connectivity index (χ2v) is 8.31. The molecule has 6 nitrogen and oxygen atoms in total. The molecule has 1 amide bonds. The van der Waals surface area contributed by atoms with E-state index in [2.05, 4.69) is 20.9 Å². The van der Waals surface area contributed by atoms with Crippen molar-refractivity contribution in [1.82, 2.24) is 14.9 Å². The van der Waals surface area contributed by atoms with Crippen LogP contribution in [0.3, 0.4) is 0 Å². The van der Waals surface area contributed by atoms with Crippen molar-refractivity contribution in [2.24, 2.45) is 5.41 Å². The van der Waals surface area contributed by atoms with Crippen LogP contribution < -0.4 is 4.90 Å². The van der Waals surface area contributed by atoms with Gasteiger partial charge in [0, 0.05) is 56.6 Å². The summed E-state index contributed by atoms with van der Waals surface area (Å²) in [7, 11) is 0. The number of aromatic nitrogens is 2. The van der Waals surface area contributed by atoms with Gasteiger partial charge in [0.05, 0.1) is 5.56 Å². The van der Waals surface area contributed by atoms with Gasteiger partial charge in [-0.1, -0.05) is 6.07 Å². The van der Waals surface area contributed by atoms with E-state index in [0.717, 1.165) is 69.1 Å². The molecule has 0 unspecified atom stereocenters. The number of piperidine rings is 2. The maximum absolute atomic E-state index is 12.5. The van der Waals surface area contributed by atoms with E-state index in [4.69, 9.17) is 0 Å². The van der Waals surface area contributed by atoms with E-state index in [1.165, 1.54) is 0 Å². The van der Waals surface area contributed by atoms with Gasteiger partial charge in [-0.25, -0.2) is 4.98 Å². The summed E-state index contributed by atoms with van der Waals surface area (Å²) in [6.07, 6.45) is 6.26. The van der Waals surface area contributed by atoms with Crippen molar-refractivity contribution in [2.75, 3.05) is 31.1 Å². The number of carbonyl (C=O) groups is 1. The minimum Gasteiger partial charge on any atom is -0.355 e. The number of nitriles is 1. The number of rotatable bonds is 4. The summed E-state index contributed by atoms with van der Waals surface area (Å²) in [5, 5.41) is 9.43. The number of pyridine rings is 2. The van der Waals surface area contributed by atoms with Crippen LogP contribution in [0.1, 0.15) is 42.6 Å². The summed E-state index contributed by atoms with van der Waals surface area (Å²) in [5.74, 6) is 1.07. The van der Waals surface area contributed by atoms with Crippen LogP contribution in [-0.2, 0) is 11.2 Å². The Hall–Kier alpha value is -2.94. The summed E-state index contributed by atoms with van der Waals surface area (Å²) in [5.41, 5.74) is 2.79. The molecule has 6 heteroatoms. The first-order valence-electron chi connectivity index (χ1n) is 10.4. The summed E-state index contributed by atoms with van der Waals surface area (Å²) in [4.78, 5) is 25.8. The van der Waals surface area contributed by atoms with Crippen molar-refractivity contribution in [1.29, 1.82) is 5.26 Å². The lowest BCUT2D eigenvalue weighted by atomic mass is 9.72. The van der Waals surface area contributed by atoms with Crippen LogP contribution in [0.5, 0.6) is 0 Å². The summed E-state index contributed by atoms with van der Waals surface area (Å²) in [6, 6.07) is 12.0. The molecule has 2 aliphatic heterocycles. The first kappa shape index (κ1) is 19.4. The molecule has 2 aromatic rings. The van der Waals surface area contributed by atoms with E-state index in [1.54, 1.807) is 6.20 Å². The van der Waals surface area contributed by atoms with Crippen LogP contribution in [0, 0.1) is 23.7 Å². The van der Waals surface area contributed by atoms with Crippen LogP contribution in [0.4, 0.5) is 5.82 Å². The molecule has 0 atom stereocenters. The van der Waals surface area contributed by atoms with Crippen molar-refractivity contribution in [3.05, 3.63) is 53.5 Å². The van der Waals surface area contributed by atoms with E-state index in [-0.39, 0.29) is 11.3 Å². The van der Waals surface area contributed by atoms with Crippen LogP contribution >= 0.6 is 0 Å². The molecule has 4 heterocycles. The molecule has 29 heavy (non-hydrogen) atoms. The smallest absolute Gasteiger partial charge is 0.222 e. The fraction of sp³-hybridized carbons (Fsp3) is 0.478. The zero-order valence-electron chi connectivity index (χ0n) is 17.0. The number of likely N-dealkylation sites (tertiary alicyclic amines) is 1. The maximum atomic E-state index is 12.5. The fourth-order valence-corrected chi connectivity index (χ4v) is 4.57. The highest BCUT2D eigenvalue weighted by molar-refractivity contribution is 5.77. The third-order valence-electron chi connectivity index (χ3n) is 6.37. The summed E-state index contributed by atoms with van der Waals surface area (Å²) >= 11 is 0. The number of aryl methyl sites for hydroxylation is 1. The van der Waals surface area contributed by atoms with Gasteiger partial charge in [-0.2, -0.15) is 5.26 Å².